The predicted octanol–water partition coefficient (Wildman–Crippen LogP) is 1.38. The second-order valence-electron chi connectivity index (χ2n) is 1.82. The number of nitrogens with two attached hydrogens (primary N) is 1. The zero-order valence-corrected chi connectivity index (χ0v) is 4.81. The summed E-state index contributed by atoms with van der Waals surface area (Å²) in [4.78, 5) is 0. The number of nitrogen functional groups attached to an aromatic ring is 1. The first-order valence-electron chi connectivity index (χ1n) is 2.53. The number of benzene rings is 1. The zero-order chi connectivity index (χ0) is 5.98. The molecule has 1 radical (unpaired) electrons. The molecule has 0 amide bonds. The maximum absolute atomic E-state index is 5.40. The Morgan fingerprint density at radius 3 is 2.75 bits per heavy atom. The number of hydrogen-bond donors (Lipinski definition) is 1. The number of hydrogen-bond acceptors (Lipinski definition) is 1. The molecule has 8 heavy (non-hydrogen) atoms. The third-order valence-electron chi connectivity index (χ3n) is 0.979. The maximum atomic E-state index is 5.40. The van der Waals surface area contributed by atoms with Gasteiger partial charge in [0.1, 0.15) is 0 Å². The molecule has 0 aliphatic heterocycles. The smallest absolute Gasteiger partial charge is 0.0397 e. The molecule has 0 aliphatic carbocycles. The highest BCUT2D eigenvalue weighted by Crippen LogP contribution is 2.02. The van der Waals surface area contributed by atoms with Crippen molar-refractivity contribution in [3.8, 4) is 0 Å². The van der Waals surface area contributed by atoms with Crippen molar-refractivity contribution >= 4 is 5.69 Å². The Morgan fingerprint density at radius 2 is 2.38 bits per heavy atom. The molecule has 1 heteroatoms. The van der Waals surface area contributed by atoms with E-state index in [0.717, 1.165) is 0 Å². The van der Waals surface area contributed by atoms with Crippen LogP contribution in [0.4, 0.5) is 5.69 Å². The first-order chi connectivity index (χ1) is 3.79. The van der Waals surface area contributed by atoms with Crippen LogP contribution in [0, 0.1) is 13.0 Å². The van der Waals surface area contributed by atoms with Gasteiger partial charge in [0.25, 0.3) is 0 Å². The first kappa shape index (κ1) is 5.16. The van der Waals surface area contributed by atoms with Crippen molar-refractivity contribution in [1.82, 2.24) is 0 Å². The molecule has 1 nitrogen and oxygen atoms in total. The van der Waals surface area contributed by atoms with E-state index in [1.165, 1.54) is 5.56 Å². The molecule has 1 rings (SSSR count). The van der Waals surface area contributed by atoms with Gasteiger partial charge in [0, 0.05) is 11.8 Å². The lowest BCUT2D eigenvalue weighted by Gasteiger charge is -1.90. The minimum absolute atomic E-state index is 0.713. The number of aryl methyl sites for hydroxylation is 1. The van der Waals surface area contributed by atoms with Gasteiger partial charge in [-0.05, 0) is 18.6 Å². The van der Waals surface area contributed by atoms with E-state index in [1.54, 1.807) is 0 Å². The van der Waals surface area contributed by atoms with E-state index in [9.17, 15) is 0 Å². The Morgan fingerprint density at radius 1 is 1.62 bits per heavy atom. The molecule has 0 saturated carbocycles. The van der Waals surface area contributed by atoms with Crippen molar-refractivity contribution in [2.24, 2.45) is 0 Å². The highest BCUT2D eigenvalue weighted by Gasteiger charge is 1.81. The molecular formula is C7H8N. The van der Waals surface area contributed by atoms with Gasteiger partial charge in [0.15, 0.2) is 0 Å². The molecule has 0 bridgehead atoms. The molecular weight excluding hydrogens is 98.1 g/mol. The molecule has 0 aromatic heterocycles. The van der Waals surface area contributed by atoms with Crippen molar-refractivity contribution in [2.75, 3.05) is 5.73 Å². The van der Waals surface area contributed by atoms with Crippen LogP contribution in [0.5, 0.6) is 0 Å². The van der Waals surface area contributed by atoms with Crippen molar-refractivity contribution < 1.29 is 0 Å². The lowest BCUT2D eigenvalue weighted by molar-refractivity contribution is 1.47. The molecule has 0 unspecified atom stereocenters. The second-order valence-corrected chi connectivity index (χ2v) is 1.82. The minimum atomic E-state index is 0.713. The third kappa shape index (κ3) is 0.997. The van der Waals surface area contributed by atoms with Crippen LogP contribution < -0.4 is 5.73 Å². The molecule has 0 heterocycles. The highest BCUT2D eigenvalue weighted by atomic mass is 14.5. The van der Waals surface area contributed by atoms with Crippen LogP contribution in [0.2, 0.25) is 0 Å². The second kappa shape index (κ2) is 1.86. The summed E-state index contributed by atoms with van der Waals surface area (Å²) in [5.41, 5.74) is 7.30. The molecule has 0 saturated heterocycles. The lowest BCUT2D eigenvalue weighted by atomic mass is 10.2. The Labute approximate surface area is 49.1 Å². The predicted molar refractivity (Wildman–Crippen MR) is 34.4 cm³/mol. The molecule has 0 aliphatic rings. The van der Waals surface area contributed by atoms with Crippen molar-refractivity contribution in [3.63, 3.8) is 0 Å². The Hall–Kier alpha value is -0.980. The third-order valence-corrected chi connectivity index (χ3v) is 0.979. The fourth-order valence-corrected chi connectivity index (χ4v) is 0.604. The number of rotatable bonds is 0. The van der Waals surface area contributed by atoms with E-state index >= 15 is 0 Å². The molecule has 0 atom stereocenters. The van der Waals surface area contributed by atoms with E-state index in [4.69, 9.17) is 5.73 Å². The van der Waals surface area contributed by atoms with Gasteiger partial charge >= 0.3 is 0 Å². The van der Waals surface area contributed by atoms with Crippen molar-refractivity contribution in [2.45, 2.75) is 6.92 Å². The van der Waals surface area contributed by atoms with Gasteiger partial charge in [-0.25, -0.2) is 0 Å². The summed E-state index contributed by atoms with van der Waals surface area (Å²) in [5, 5.41) is 0. The van der Waals surface area contributed by atoms with Gasteiger partial charge in [0.2, 0.25) is 0 Å². The van der Waals surface area contributed by atoms with Gasteiger partial charge in [0.05, 0.1) is 0 Å². The van der Waals surface area contributed by atoms with Gasteiger partial charge in [-0.3, -0.25) is 0 Å². The summed E-state index contributed by atoms with van der Waals surface area (Å²) in [6, 6.07) is 8.53. The monoisotopic (exact) mass is 106 g/mol. The van der Waals surface area contributed by atoms with Crippen LogP contribution in [0.25, 0.3) is 0 Å². The van der Waals surface area contributed by atoms with Crippen LogP contribution in [0.3, 0.4) is 0 Å². The normalized spacial score (nSPS) is 9.12. The molecule has 1 aromatic carbocycles. The SMILES string of the molecule is Cc1cc[c]c(N)c1. The van der Waals surface area contributed by atoms with Crippen LogP contribution in [0.1, 0.15) is 5.56 Å². The van der Waals surface area contributed by atoms with Crippen molar-refractivity contribution in [1.29, 1.82) is 0 Å². The molecule has 0 spiro atoms. The van der Waals surface area contributed by atoms with E-state index in [-0.39, 0.29) is 0 Å². The molecule has 0 fully saturated rings. The van der Waals surface area contributed by atoms with Crippen LogP contribution >= 0.6 is 0 Å². The minimum Gasteiger partial charge on any atom is -0.398 e. The first-order valence-corrected chi connectivity index (χ1v) is 2.53. The van der Waals surface area contributed by atoms with Crippen LogP contribution in [-0.4, -0.2) is 0 Å². The Bertz CT molecular complexity index is 164. The quantitative estimate of drug-likeness (QED) is 0.497. The van der Waals surface area contributed by atoms with E-state index < -0.39 is 0 Å². The van der Waals surface area contributed by atoms with E-state index in [1.807, 2.05) is 25.1 Å². The Kier molecular flexibility index (Phi) is 1.20. The molecule has 1 aromatic rings. The van der Waals surface area contributed by atoms with Gasteiger partial charge in [-0.15, -0.1) is 0 Å². The van der Waals surface area contributed by atoms with Crippen LogP contribution in [-0.2, 0) is 0 Å². The average Bonchev–Trinajstić information content (AvgIpc) is 1.64. The summed E-state index contributed by atoms with van der Waals surface area (Å²) in [6.07, 6.45) is 0. The summed E-state index contributed by atoms with van der Waals surface area (Å²) < 4.78 is 0. The summed E-state index contributed by atoms with van der Waals surface area (Å²) >= 11 is 0. The fraction of sp³-hybridized carbons (Fsp3) is 0.143. The summed E-state index contributed by atoms with van der Waals surface area (Å²) in [7, 11) is 0. The molecule has 41 valence electrons. The Balaban J connectivity index is 3.08. The standard InChI is InChI=1S/C7H8N/c1-6-3-2-4-7(8)5-6/h2-3,5H,8H2,1H3. The van der Waals surface area contributed by atoms with Gasteiger partial charge in [-0.2, -0.15) is 0 Å². The summed E-state index contributed by atoms with van der Waals surface area (Å²) in [6.45, 7) is 2.00. The zero-order valence-electron chi connectivity index (χ0n) is 4.81. The molecule has 2 N–H and O–H groups in total. The summed E-state index contributed by atoms with van der Waals surface area (Å²) in [5.74, 6) is 0. The number of anilines is 1. The topological polar surface area (TPSA) is 26.0 Å². The van der Waals surface area contributed by atoms with Gasteiger partial charge < -0.3 is 5.73 Å². The maximum Gasteiger partial charge on any atom is 0.0397 e. The lowest BCUT2D eigenvalue weighted by Crippen LogP contribution is -1.83. The van der Waals surface area contributed by atoms with E-state index in [2.05, 4.69) is 6.07 Å². The largest absolute Gasteiger partial charge is 0.398 e. The highest BCUT2D eigenvalue weighted by molar-refractivity contribution is 5.38. The van der Waals surface area contributed by atoms with Gasteiger partial charge in [-0.1, -0.05) is 12.1 Å². The fourth-order valence-electron chi connectivity index (χ4n) is 0.604. The average molecular weight is 106 g/mol. The van der Waals surface area contributed by atoms with E-state index in [0.29, 0.717) is 5.69 Å². The van der Waals surface area contributed by atoms with Crippen molar-refractivity contribution in [3.05, 3.63) is 29.8 Å². The van der Waals surface area contributed by atoms with Crippen LogP contribution in [0.15, 0.2) is 18.2 Å².